The molecule has 1 amide bonds. The average Bonchev–Trinajstić information content (AvgIpc) is 2.77. The van der Waals surface area contributed by atoms with E-state index in [1.807, 2.05) is 13.8 Å². The number of amides is 1. The van der Waals surface area contributed by atoms with Crippen molar-refractivity contribution < 1.29 is 32.2 Å². The summed E-state index contributed by atoms with van der Waals surface area (Å²) in [5.74, 6) is -0.452. The lowest BCUT2D eigenvalue weighted by Gasteiger charge is -2.14. The van der Waals surface area contributed by atoms with Gasteiger partial charge in [0.1, 0.15) is 4.90 Å². The van der Waals surface area contributed by atoms with Crippen LogP contribution in [0.1, 0.15) is 30.6 Å². The molecule has 0 aromatic heterocycles. The highest BCUT2D eigenvalue weighted by atomic mass is 35.5. The number of halogens is 1. The second kappa shape index (κ2) is 11.9. The zero-order valence-corrected chi connectivity index (χ0v) is 20.5. The molecule has 0 atom stereocenters. The molecule has 11 heteroatoms. The molecule has 1 N–H and O–H groups in total. The summed E-state index contributed by atoms with van der Waals surface area (Å²) in [6, 6.07) is 8.66. The summed E-state index contributed by atoms with van der Waals surface area (Å²) < 4.78 is 41.9. The molecule has 0 aliphatic heterocycles. The third-order valence-corrected chi connectivity index (χ3v) is 6.55. The molecule has 0 spiro atoms. The minimum Gasteiger partial charge on any atom is -0.490 e. The Morgan fingerprint density at radius 3 is 2.39 bits per heavy atom. The third-order valence-electron chi connectivity index (χ3n) is 4.25. The summed E-state index contributed by atoms with van der Waals surface area (Å²) in [7, 11) is -1.06. The van der Waals surface area contributed by atoms with Crippen LogP contribution in [0.25, 0.3) is 0 Å². The van der Waals surface area contributed by atoms with E-state index in [0.717, 1.165) is 10.7 Å². The molecule has 9 nitrogen and oxygen atoms in total. The first kappa shape index (κ1) is 26.4. The standard InChI is InChI=1S/C22H27ClN2O7S/c1-5-11-31-18-10-7-15(12-19(18)30-6-2)22(27)32-14-21(26)24-16-8-9-17(23)20(13-16)33(28,29)25(3)4/h7-10,12-13H,5-6,11,14H2,1-4H3,(H,24,26). The summed E-state index contributed by atoms with van der Waals surface area (Å²) in [6.45, 7) is 4.10. The maximum absolute atomic E-state index is 12.4. The van der Waals surface area contributed by atoms with Gasteiger partial charge in [0.15, 0.2) is 18.1 Å². The van der Waals surface area contributed by atoms with Crippen molar-refractivity contribution in [3.8, 4) is 11.5 Å². The van der Waals surface area contributed by atoms with Crippen LogP contribution in [0.4, 0.5) is 5.69 Å². The Balaban J connectivity index is 2.05. The second-order valence-corrected chi connectivity index (χ2v) is 9.53. The van der Waals surface area contributed by atoms with Crippen LogP contribution in [0.3, 0.4) is 0 Å². The van der Waals surface area contributed by atoms with Gasteiger partial charge < -0.3 is 19.5 Å². The molecule has 0 saturated carbocycles. The topological polar surface area (TPSA) is 111 Å². The lowest BCUT2D eigenvalue weighted by atomic mass is 10.2. The Morgan fingerprint density at radius 2 is 1.76 bits per heavy atom. The van der Waals surface area contributed by atoms with Crippen LogP contribution < -0.4 is 14.8 Å². The van der Waals surface area contributed by atoms with Gasteiger partial charge in [-0.2, -0.15) is 0 Å². The molecule has 180 valence electrons. The van der Waals surface area contributed by atoms with E-state index < -0.39 is 28.5 Å². The predicted molar refractivity (Wildman–Crippen MR) is 125 cm³/mol. The third kappa shape index (κ3) is 7.08. The summed E-state index contributed by atoms with van der Waals surface area (Å²) in [5, 5.41) is 2.51. The molecular weight excluding hydrogens is 472 g/mol. The molecule has 0 unspecified atom stereocenters. The monoisotopic (exact) mass is 498 g/mol. The Kier molecular flexibility index (Phi) is 9.51. The van der Waals surface area contributed by atoms with Crippen LogP contribution in [-0.2, 0) is 19.6 Å². The first-order valence-corrected chi connectivity index (χ1v) is 12.0. The van der Waals surface area contributed by atoms with E-state index in [9.17, 15) is 18.0 Å². The van der Waals surface area contributed by atoms with Crippen molar-refractivity contribution in [2.24, 2.45) is 0 Å². The van der Waals surface area contributed by atoms with Crippen LogP contribution in [0.5, 0.6) is 11.5 Å². The first-order valence-electron chi connectivity index (χ1n) is 10.2. The minimum absolute atomic E-state index is 0.0181. The molecule has 33 heavy (non-hydrogen) atoms. The number of esters is 1. The van der Waals surface area contributed by atoms with Gasteiger partial charge in [-0.15, -0.1) is 0 Å². The molecule has 0 radical (unpaired) electrons. The molecule has 0 aliphatic rings. The van der Waals surface area contributed by atoms with Gasteiger partial charge in [0.25, 0.3) is 5.91 Å². The smallest absolute Gasteiger partial charge is 0.338 e. The minimum atomic E-state index is -3.80. The van der Waals surface area contributed by atoms with Crippen molar-refractivity contribution in [1.82, 2.24) is 4.31 Å². The molecule has 0 aliphatic carbocycles. The first-order chi connectivity index (χ1) is 15.6. The fourth-order valence-electron chi connectivity index (χ4n) is 2.62. The summed E-state index contributed by atoms with van der Waals surface area (Å²) >= 11 is 6.00. The fraction of sp³-hybridized carbons (Fsp3) is 0.364. The number of nitrogens with one attached hydrogen (secondary N) is 1. The van der Waals surface area contributed by atoms with Gasteiger partial charge >= 0.3 is 5.97 Å². The number of sulfonamides is 1. The normalized spacial score (nSPS) is 11.2. The zero-order chi connectivity index (χ0) is 24.6. The zero-order valence-electron chi connectivity index (χ0n) is 18.9. The Bertz CT molecular complexity index is 1100. The molecule has 2 aromatic carbocycles. The molecule has 2 aromatic rings. The van der Waals surface area contributed by atoms with Crippen molar-refractivity contribution >= 4 is 39.2 Å². The van der Waals surface area contributed by atoms with Gasteiger partial charge in [0.2, 0.25) is 10.0 Å². The van der Waals surface area contributed by atoms with Crippen LogP contribution in [0.15, 0.2) is 41.3 Å². The second-order valence-electron chi connectivity index (χ2n) is 7.00. The van der Waals surface area contributed by atoms with Gasteiger partial charge in [0.05, 0.1) is 23.8 Å². The SMILES string of the molecule is CCCOc1ccc(C(=O)OCC(=O)Nc2ccc(Cl)c(S(=O)(=O)N(C)C)c2)cc1OCC. The van der Waals surface area contributed by atoms with E-state index in [-0.39, 0.29) is 21.2 Å². The molecule has 0 saturated heterocycles. The molecule has 0 bridgehead atoms. The Morgan fingerprint density at radius 1 is 1.03 bits per heavy atom. The number of carbonyl (C=O) groups is 2. The molecular formula is C22H27ClN2O7S. The fourth-order valence-corrected chi connectivity index (χ4v) is 4.02. The molecule has 0 fully saturated rings. The average molecular weight is 499 g/mol. The van der Waals surface area contributed by atoms with E-state index in [1.54, 1.807) is 6.07 Å². The summed E-state index contributed by atoms with van der Waals surface area (Å²) in [4.78, 5) is 24.5. The number of anilines is 1. The van der Waals surface area contributed by atoms with Crippen molar-refractivity contribution in [2.75, 3.05) is 39.2 Å². The molecule has 0 heterocycles. The number of carbonyl (C=O) groups excluding carboxylic acids is 2. The number of nitrogens with zero attached hydrogens (tertiary/aromatic N) is 1. The predicted octanol–water partition coefficient (Wildman–Crippen LogP) is 3.57. The van der Waals surface area contributed by atoms with Crippen molar-refractivity contribution in [1.29, 1.82) is 0 Å². The van der Waals surface area contributed by atoms with Crippen LogP contribution in [-0.4, -0.2) is 58.5 Å². The van der Waals surface area contributed by atoms with Crippen molar-refractivity contribution in [2.45, 2.75) is 25.2 Å². The van der Waals surface area contributed by atoms with Crippen LogP contribution in [0.2, 0.25) is 5.02 Å². The van der Waals surface area contributed by atoms with Gasteiger partial charge in [-0.1, -0.05) is 18.5 Å². The van der Waals surface area contributed by atoms with Crippen LogP contribution >= 0.6 is 11.6 Å². The molecule has 2 rings (SSSR count). The quantitative estimate of drug-likeness (QED) is 0.471. The van der Waals surface area contributed by atoms with E-state index in [2.05, 4.69) is 5.32 Å². The highest BCUT2D eigenvalue weighted by Crippen LogP contribution is 2.29. The number of rotatable bonds is 11. The van der Waals surface area contributed by atoms with Gasteiger partial charge in [-0.25, -0.2) is 17.5 Å². The number of hydrogen-bond donors (Lipinski definition) is 1. The maximum Gasteiger partial charge on any atom is 0.338 e. The van der Waals surface area contributed by atoms with Crippen molar-refractivity contribution in [3.63, 3.8) is 0 Å². The van der Waals surface area contributed by atoms with E-state index in [1.165, 1.54) is 44.4 Å². The van der Waals surface area contributed by atoms with E-state index in [0.29, 0.717) is 24.7 Å². The Labute approximate surface area is 198 Å². The number of benzene rings is 2. The highest BCUT2D eigenvalue weighted by molar-refractivity contribution is 7.89. The van der Waals surface area contributed by atoms with Gasteiger partial charge in [-0.05, 0) is 49.7 Å². The highest BCUT2D eigenvalue weighted by Gasteiger charge is 2.22. The number of ether oxygens (including phenoxy) is 3. The van der Waals surface area contributed by atoms with Gasteiger partial charge in [0, 0.05) is 19.8 Å². The van der Waals surface area contributed by atoms with E-state index >= 15 is 0 Å². The van der Waals surface area contributed by atoms with Gasteiger partial charge in [-0.3, -0.25) is 4.79 Å². The maximum atomic E-state index is 12.4. The summed E-state index contributed by atoms with van der Waals surface area (Å²) in [6.07, 6.45) is 0.820. The van der Waals surface area contributed by atoms with E-state index in [4.69, 9.17) is 25.8 Å². The lowest BCUT2D eigenvalue weighted by molar-refractivity contribution is -0.119. The van der Waals surface area contributed by atoms with Crippen molar-refractivity contribution in [3.05, 3.63) is 47.0 Å². The largest absolute Gasteiger partial charge is 0.490 e. The van der Waals surface area contributed by atoms with Crippen LogP contribution in [0, 0.1) is 0 Å². The number of hydrogen-bond acceptors (Lipinski definition) is 7. The summed E-state index contributed by atoms with van der Waals surface area (Å²) in [5.41, 5.74) is 0.387. The Hall–Kier alpha value is -2.82. The lowest BCUT2D eigenvalue weighted by Crippen LogP contribution is -2.23.